The molecule has 0 spiro atoms. The van der Waals surface area contributed by atoms with Gasteiger partial charge in [0.15, 0.2) is 5.65 Å². The quantitative estimate of drug-likeness (QED) is 0.831. The Morgan fingerprint density at radius 2 is 2.35 bits per heavy atom. The van der Waals surface area contributed by atoms with Gasteiger partial charge in [0.1, 0.15) is 0 Å². The molecule has 0 aliphatic heterocycles. The topological polar surface area (TPSA) is 68.2 Å². The van der Waals surface area contributed by atoms with Gasteiger partial charge in [0.05, 0.1) is 5.54 Å². The molecule has 1 saturated carbocycles. The van der Waals surface area contributed by atoms with Gasteiger partial charge in [0, 0.05) is 12.7 Å². The fourth-order valence-corrected chi connectivity index (χ4v) is 2.18. The van der Waals surface area contributed by atoms with Gasteiger partial charge in [0.2, 0.25) is 5.95 Å². The maximum Gasteiger partial charge on any atom is 0.243 e. The fraction of sp³-hybridized carbons (Fsp3) is 0.500. The van der Waals surface area contributed by atoms with Crippen LogP contribution in [0.4, 0.5) is 5.95 Å². The zero-order valence-corrected chi connectivity index (χ0v) is 9.93. The van der Waals surface area contributed by atoms with Crippen LogP contribution >= 0.6 is 0 Å². The third-order valence-electron chi connectivity index (χ3n) is 3.54. The minimum atomic E-state index is -0.0784. The minimum Gasteiger partial charge on any atom is -0.346 e. The van der Waals surface area contributed by atoms with Crippen LogP contribution in [0.5, 0.6) is 0 Å². The van der Waals surface area contributed by atoms with E-state index in [1.807, 2.05) is 24.4 Å². The molecule has 0 aromatic carbocycles. The highest BCUT2D eigenvalue weighted by molar-refractivity contribution is 5.44. The Morgan fingerprint density at radius 3 is 3.00 bits per heavy atom. The Kier molecular flexibility index (Phi) is 2.29. The lowest BCUT2D eigenvalue weighted by Gasteiger charge is -2.28. The predicted octanol–water partition coefficient (Wildman–Crippen LogP) is 1.27. The lowest BCUT2D eigenvalue weighted by Crippen LogP contribution is -2.45. The van der Waals surface area contributed by atoms with Crippen molar-refractivity contribution in [3.8, 4) is 0 Å². The summed E-state index contributed by atoms with van der Waals surface area (Å²) in [5.74, 6) is 1.31. The first kappa shape index (κ1) is 10.5. The van der Waals surface area contributed by atoms with Crippen molar-refractivity contribution in [1.82, 2.24) is 14.6 Å². The average molecular weight is 231 g/mol. The summed E-state index contributed by atoms with van der Waals surface area (Å²) >= 11 is 0. The number of nitrogens with zero attached hydrogens (tertiary/aromatic N) is 3. The molecule has 0 radical (unpaired) electrons. The van der Waals surface area contributed by atoms with Crippen LogP contribution < -0.4 is 11.1 Å². The van der Waals surface area contributed by atoms with E-state index in [1.165, 1.54) is 12.8 Å². The van der Waals surface area contributed by atoms with Crippen LogP contribution in [0, 0.1) is 5.92 Å². The lowest BCUT2D eigenvalue weighted by atomic mass is 9.96. The first-order valence-corrected chi connectivity index (χ1v) is 6.01. The Morgan fingerprint density at radius 1 is 1.53 bits per heavy atom. The van der Waals surface area contributed by atoms with Gasteiger partial charge in [-0.1, -0.05) is 6.07 Å². The SMILES string of the molecule is CC(CN)(Nc1nc2ccccn2n1)C1CC1. The summed E-state index contributed by atoms with van der Waals surface area (Å²) in [5, 5.41) is 7.78. The molecule has 3 rings (SSSR count). The molecule has 2 aromatic heterocycles. The number of anilines is 1. The first-order chi connectivity index (χ1) is 8.21. The number of hydrogen-bond donors (Lipinski definition) is 2. The molecule has 1 unspecified atom stereocenters. The summed E-state index contributed by atoms with van der Waals surface area (Å²) in [6.07, 6.45) is 4.38. The Balaban J connectivity index is 1.88. The molecule has 5 heteroatoms. The van der Waals surface area contributed by atoms with E-state index in [0.29, 0.717) is 18.4 Å². The van der Waals surface area contributed by atoms with Crippen molar-refractivity contribution in [3.05, 3.63) is 24.4 Å². The van der Waals surface area contributed by atoms with Crippen LogP contribution in [0.2, 0.25) is 0 Å². The number of pyridine rings is 1. The molecule has 2 aromatic rings. The summed E-state index contributed by atoms with van der Waals surface area (Å²) in [7, 11) is 0. The van der Waals surface area contributed by atoms with Crippen LogP contribution in [0.25, 0.3) is 5.65 Å². The van der Waals surface area contributed by atoms with Crippen molar-refractivity contribution in [3.63, 3.8) is 0 Å². The van der Waals surface area contributed by atoms with Crippen molar-refractivity contribution >= 4 is 11.6 Å². The van der Waals surface area contributed by atoms with Crippen molar-refractivity contribution in [2.24, 2.45) is 11.7 Å². The van der Waals surface area contributed by atoms with Gasteiger partial charge in [-0.25, -0.2) is 4.52 Å². The highest BCUT2D eigenvalue weighted by Gasteiger charge is 2.41. The van der Waals surface area contributed by atoms with Gasteiger partial charge in [0.25, 0.3) is 0 Å². The van der Waals surface area contributed by atoms with Crippen LogP contribution in [-0.2, 0) is 0 Å². The number of fused-ring (bicyclic) bond motifs is 1. The van der Waals surface area contributed by atoms with E-state index in [-0.39, 0.29) is 5.54 Å². The summed E-state index contributed by atoms with van der Waals surface area (Å²) in [6.45, 7) is 2.75. The van der Waals surface area contributed by atoms with Gasteiger partial charge in [-0.15, -0.1) is 5.10 Å². The number of nitrogens with two attached hydrogens (primary N) is 1. The van der Waals surface area contributed by atoms with E-state index in [4.69, 9.17) is 5.73 Å². The molecule has 1 fully saturated rings. The molecule has 0 bridgehead atoms. The Hall–Kier alpha value is -1.62. The van der Waals surface area contributed by atoms with E-state index in [9.17, 15) is 0 Å². The largest absolute Gasteiger partial charge is 0.346 e. The molecule has 0 saturated heterocycles. The molecule has 5 nitrogen and oxygen atoms in total. The van der Waals surface area contributed by atoms with Crippen molar-refractivity contribution in [2.75, 3.05) is 11.9 Å². The normalized spacial score (nSPS) is 19.2. The second-order valence-electron chi connectivity index (χ2n) is 4.96. The number of nitrogens with one attached hydrogen (secondary N) is 1. The standard InChI is InChI=1S/C12H17N5/c1-12(8-13,9-5-6-9)15-11-14-10-4-2-3-7-17(10)16-11/h2-4,7,9H,5-6,8,13H2,1H3,(H,15,16). The molecule has 1 aliphatic carbocycles. The average Bonchev–Trinajstić information content (AvgIpc) is 3.11. The summed E-state index contributed by atoms with van der Waals surface area (Å²) < 4.78 is 1.77. The molecule has 3 N–H and O–H groups in total. The van der Waals surface area contributed by atoms with Gasteiger partial charge in [-0.2, -0.15) is 4.98 Å². The maximum absolute atomic E-state index is 5.87. The molecular formula is C12H17N5. The van der Waals surface area contributed by atoms with Gasteiger partial charge in [-0.3, -0.25) is 0 Å². The van der Waals surface area contributed by atoms with Gasteiger partial charge in [-0.05, 0) is 37.8 Å². The summed E-state index contributed by atoms with van der Waals surface area (Å²) in [6, 6.07) is 5.83. The number of rotatable bonds is 4. The predicted molar refractivity (Wildman–Crippen MR) is 66.8 cm³/mol. The van der Waals surface area contributed by atoms with Crippen molar-refractivity contribution < 1.29 is 0 Å². The highest BCUT2D eigenvalue weighted by Crippen LogP contribution is 2.40. The fourth-order valence-electron chi connectivity index (χ4n) is 2.18. The maximum atomic E-state index is 5.87. The van der Waals surface area contributed by atoms with E-state index in [0.717, 1.165) is 5.65 Å². The summed E-state index contributed by atoms with van der Waals surface area (Å²) in [4.78, 5) is 4.44. The zero-order chi connectivity index (χ0) is 11.9. The zero-order valence-electron chi connectivity index (χ0n) is 9.93. The monoisotopic (exact) mass is 231 g/mol. The van der Waals surface area contributed by atoms with Crippen LogP contribution in [0.15, 0.2) is 24.4 Å². The van der Waals surface area contributed by atoms with Crippen LogP contribution in [-0.4, -0.2) is 26.7 Å². The van der Waals surface area contributed by atoms with E-state index >= 15 is 0 Å². The summed E-state index contributed by atoms with van der Waals surface area (Å²) in [5.41, 5.74) is 6.64. The van der Waals surface area contributed by atoms with Gasteiger partial charge >= 0.3 is 0 Å². The molecular weight excluding hydrogens is 214 g/mol. The third kappa shape index (κ3) is 1.86. The first-order valence-electron chi connectivity index (χ1n) is 6.01. The Labute approximate surface area is 100 Å². The smallest absolute Gasteiger partial charge is 0.243 e. The Bertz CT molecular complexity index is 497. The van der Waals surface area contributed by atoms with E-state index in [1.54, 1.807) is 4.52 Å². The molecule has 1 aliphatic rings. The van der Waals surface area contributed by atoms with Gasteiger partial charge < -0.3 is 11.1 Å². The van der Waals surface area contributed by atoms with Crippen molar-refractivity contribution in [1.29, 1.82) is 0 Å². The number of hydrogen-bond acceptors (Lipinski definition) is 4. The lowest BCUT2D eigenvalue weighted by molar-refractivity contribution is 0.456. The van der Waals surface area contributed by atoms with E-state index in [2.05, 4.69) is 22.3 Å². The second-order valence-corrected chi connectivity index (χ2v) is 4.96. The molecule has 1 atom stereocenters. The number of aromatic nitrogens is 3. The molecule has 90 valence electrons. The van der Waals surface area contributed by atoms with E-state index < -0.39 is 0 Å². The highest BCUT2D eigenvalue weighted by atomic mass is 15.4. The van der Waals surface area contributed by atoms with Crippen LogP contribution in [0.3, 0.4) is 0 Å². The van der Waals surface area contributed by atoms with Crippen molar-refractivity contribution in [2.45, 2.75) is 25.3 Å². The van der Waals surface area contributed by atoms with Crippen LogP contribution in [0.1, 0.15) is 19.8 Å². The molecule has 2 heterocycles. The third-order valence-corrected chi connectivity index (χ3v) is 3.54. The minimum absolute atomic E-state index is 0.0784. The second kappa shape index (κ2) is 3.70. The molecule has 17 heavy (non-hydrogen) atoms. The molecule has 0 amide bonds.